The molecule has 1 aromatic carbocycles. The van der Waals surface area contributed by atoms with E-state index in [-0.39, 0.29) is 18.1 Å². The zero-order chi connectivity index (χ0) is 16.3. The number of hydrogen-bond acceptors (Lipinski definition) is 5. The van der Waals surface area contributed by atoms with E-state index in [0.29, 0.717) is 17.9 Å². The number of esters is 1. The topological polar surface area (TPSA) is 87.3 Å². The van der Waals surface area contributed by atoms with Crippen molar-refractivity contribution < 1.29 is 14.5 Å². The first-order valence-corrected chi connectivity index (χ1v) is 6.75. The van der Waals surface area contributed by atoms with Crippen molar-refractivity contribution in [2.24, 2.45) is 0 Å². The second-order valence-corrected chi connectivity index (χ2v) is 5.00. The normalized spacial score (nSPS) is 10.5. The van der Waals surface area contributed by atoms with Gasteiger partial charge in [0.05, 0.1) is 25.0 Å². The Balaban J connectivity index is 2.16. The molecule has 0 saturated heterocycles. The molecule has 1 aromatic heterocycles. The van der Waals surface area contributed by atoms with Gasteiger partial charge in [-0.1, -0.05) is 24.3 Å². The van der Waals surface area contributed by atoms with Crippen LogP contribution in [0.4, 0.5) is 5.69 Å². The van der Waals surface area contributed by atoms with Gasteiger partial charge in [0.1, 0.15) is 11.4 Å². The largest absolute Gasteiger partial charge is 0.469 e. The number of carbonyl (C=O) groups excluding carboxylic acids is 1. The summed E-state index contributed by atoms with van der Waals surface area (Å²) in [7, 11) is 1.35. The highest BCUT2D eigenvalue weighted by atomic mass is 16.6. The summed E-state index contributed by atoms with van der Waals surface area (Å²) in [5.41, 5.74) is 2.80. The lowest BCUT2D eigenvalue weighted by Gasteiger charge is -2.05. The molecule has 0 spiro atoms. The minimum absolute atomic E-state index is 0.0577. The molecule has 0 unspecified atom stereocenters. The van der Waals surface area contributed by atoms with Crippen LogP contribution in [0.15, 0.2) is 24.3 Å². The third-order valence-electron chi connectivity index (χ3n) is 3.46. The molecule has 2 rings (SSSR count). The molecule has 0 bridgehead atoms. The molecular formula is C15H17N3O4. The summed E-state index contributed by atoms with van der Waals surface area (Å²) in [6, 6.07) is 7.43. The van der Waals surface area contributed by atoms with Gasteiger partial charge in [0.15, 0.2) is 0 Å². The maximum Gasteiger partial charge on any atom is 0.312 e. The molecule has 0 N–H and O–H groups in total. The fraction of sp³-hybridized carbons (Fsp3) is 0.333. The molecule has 0 radical (unpaired) electrons. The van der Waals surface area contributed by atoms with Gasteiger partial charge in [-0.05, 0) is 25.0 Å². The highest BCUT2D eigenvalue weighted by Crippen LogP contribution is 2.22. The maximum absolute atomic E-state index is 11.2. The number of benzene rings is 1. The van der Waals surface area contributed by atoms with Gasteiger partial charge >= 0.3 is 11.7 Å². The van der Waals surface area contributed by atoms with Crippen molar-refractivity contribution in [2.75, 3.05) is 7.11 Å². The Morgan fingerprint density at radius 3 is 2.36 bits per heavy atom. The predicted octanol–water partition coefficient (Wildman–Crippen LogP) is 2.17. The van der Waals surface area contributed by atoms with Crippen molar-refractivity contribution in [3.05, 3.63) is 56.9 Å². The first kappa shape index (κ1) is 15.7. The molecule has 0 saturated carbocycles. The van der Waals surface area contributed by atoms with Crippen LogP contribution in [0.5, 0.6) is 0 Å². The summed E-state index contributed by atoms with van der Waals surface area (Å²) in [5, 5.41) is 15.2. The van der Waals surface area contributed by atoms with Crippen LogP contribution < -0.4 is 0 Å². The average Bonchev–Trinajstić information content (AvgIpc) is 2.75. The van der Waals surface area contributed by atoms with E-state index in [1.54, 1.807) is 18.5 Å². The summed E-state index contributed by atoms with van der Waals surface area (Å²) >= 11 is 0. The first-order valence-electron chi connectivity index (χ1n) is 6.75. The smallest absolute Gasteiger partial charge is 0.312 e. The van der Waals surface area contributed by atoms with E-state index in [0.717, 1.165) is 11.1 Å². The van der Waals surface area contributed by atoms with Crippen LogP contribution >= 0.6 is 0 Å². The van der Waals surface area contributed by atoms with E-state index in [1.165, 1.54) is 7.11 Å². The van der Waals surface area contributed by atoms with Crippen molar-refractivity contribution in [2.45, 2.75) is 26.8 Å². The fourth-order valence-electron chi connectivity index (χ4n) is 2.28. The Morgan fingerprint density at radius 2 is 1.86 bits per heavy atom. The predicted molar refractivity (Wildman–Crippen MR) is 79.6 cm³/mol. The zero-order valence-electron chi connectivity index (χ0n) is 12.7. The highest BCUT2D eigenvalue weighted by Gasteiger charge is 2.21. The molecule has 2 aromatic rings. The van der Waals surface area contributed by atoms with E-state index >= 15 is 0 Å². The number of ether oxygens (including phenoxy) is 1. The molecule has 0 atom stereocenters. The highest BCUT2D eigenvalue weighted by molar-refractivity contribution is 5.72. The van der Waals surface area contributed by atoms with Crippen LogP contribution in [0.3, 0.4) is 0 Å². The van der Waals surface area contributed by atoms with Crippen LogP contribution in [0.2, 0.25) is 0 Å². The summed E-state index contributed by atoms with van der Waals surface area (Å²) in [5.74, 6) is -0.290. The van der Waals surface area contributed by atoms with Gasteiger partial charge in [-0.3, -0.25) is 19.6 Å². The van der Waals surface area contributed by atoms with E-state index in [2.05, 4.69) is 9.84 Å². The molecule has 1 heterocycles. The minimum atomic E-state index is -0.409. The molecule has 7 heteroatoms. The molecule has 116 valence electrons. The molecule has 0 aliphatic carbocycles. The van der Waals surface area contributed by atoms with Gasteiger partial charge in [-0.15, -0.1) is 0 Å². The molecule has 0 amide bonds. The van der Waals surface area contributed by atoms with E-state index in [9.17, 15) is 14.9 Å². The monoisotopic (exact) mass is 303 g/mol. The average molecular weight is 303 g/mol. The van der Waals surface area contributed by atoms with Crippen molar-refractivity contribution in [3.8, 4) is 0 Å². The Labute approximate surface area is 127 Å². The summed E-state index contributed by atoms with van der Waals surface area (Å²) in [6.45, 7) is 3.75. The molecule has 0 fully saturated rings. The van der Waals surface area contributed by atoms with Crippen LogP contribution in [0.1, 0.15) is 22.5 Å². The van der Waals surface area contributed by atoms with Crippen LogP contribution in [-0.4, -0.2) is 27.8 Å². The van der Waals surface area contributed by atoms with E-state index in [4.69, 9.17) is 0 Å². The maximum atomic E-state index is 11.2. The van der Waals surface area contributed by atoms with Crippen molar-refractivity contribution >= 4 is 11.7 Å². The number of hydrogen-bond donors (Lipinski definition) is 0. The number of nitrogens with zero attached hydrogens (tertiary/aromatic N) is 3. The fourth-order valence-corrected chi connectivity index (χ4v) is 2.28. The van der Waals surface area contributed by atoms with Gasteiger partial charge in [0.25, 0.3) is 0 Å². The number of nitro groups is 1. The van der Waals surface area contributed by atoms with Crippen molar-refractivity contribution in [3.63, 3.8) is 0 Å². The SMILES string of the molecule is COC(=O)Cc1ccc(Cn2nc(C)c([N+](=O)[O-])c2C)cc1. The lowest BCUT2D eigenvalue weighted by atomic mass is 10.1. The van der Waals surface area contributed by atoms with E-state index < -0.39 is 4.92 Å². The van der Waals surface area contributed by atoms with Gasteiger partial charge in [0.2, 0.25) is 0 Å². The molecule has 0 aliphatic rings. The molecule has 7 nitrogen and oxygen atoms in total. The quantitative estimate of drug-likeness (QED) is 0.480. The zero-order valence-corrected chi connectivity index (χ0v) is 12.7. The number of methoxy groups -OCH3 is 1. The van der Waals surface area contributed by atoms with E-state index in [1.807, 2.05) is 24.3 Å². The number of carbonyl (C=O) groups is 1. The molecular weight excluding hydrogens is 286 g/mol. The second kappa shape index (κ2) is 6.38. The summed E-state index contributed by atoms with van der Waals surface area (Å²) in [6.07, 6.45) is 0.224. The van der Waals surface area contributed by atoms with Crippen LogP contribution in [0.25, 0.3) is 0 Å². The van der Waals surface area contributed by atoms with Gasteiger partial charge in [-0.25, -0.2) is 0 Å². The molecule has 22 heavy (non-hydrogen) atoms. The Hall–Kier alpha value is -2.70. The number of rotatable bonds is 5. The lowest BCUT2D eigenvalue weighted by molar-refractivity contribution is -0.386. The van der Waals surface area contributed by atoms with Crippen molar-refractivity contribution in [1.82, 2.24) is 9.78 Å². The Bertz CT molecular complexity index is 704. The van der Waals surface area contributed by atoms with Gasteiger partial charge in [0, 0.05) is 0 Å². The first-order chi connectivity index (χ1) is 10.4. The number of aromatic nitrogens is 2. The third-order valence-corrected chi connectivity index (χ3v) is 3.46. The van der Waals surface area contributed by atoms with Crippen LogP contribution in [0, 0.1) is 24.0 Å². The van der Waals surface area contributed by atoms with Crippen LogP contribution in [-0.2, 0) is 22.5 Å². The molecule has 0 aliphatic heterocycles. The Morgan fingerprint density at radius 1 is 1.27 bits per heavy atom. The second-order valence-electron chi connectivity index (χ2n) is 5.00. The summed E-state index contributed by atoms with van der Waals surface area (Å²) in [4.78, 5) is 21.8. The lowest BCUT2D eigenvalue weighted by Crippen LogP contribution is -2.06. The standard InChI is InChI=1S/C15H17N3O4/c1-10-15(18(20)21)11(2)17(16-10)9-13-6-4-12(5-7-13)8-14(19)22-3/h4-7H,8-9H2,1-3H3. The third kappa shape index (κ3) is 3.30. The van der Waals surface area contributed by atoms with Gasteiger partial charge in [-0.2, -0.15) is 5.10 Å². The minimum Gasteiger partial charge on any atom is -0.469 e. The van der Waals surface area contributed by atoms with Crippen molar-refractivity contribution in [1.29, 1.82) is 0 Å². The number of aryl methyl sites for hydroxylation is 1. The Kier molecular flexibility index (Phi) is 4.55. The summed E-state index contributed by atoms with van der Waals surface area (Å²) < 4.78 is 6.23. The van der Waals surface area contributed by atoms with Gasteiger partial charge < -0.3 is 4.74 Å².